The number of alkyl halides is 1. The Morgan fingerprint density at radius 1 is 1.42 bits per heavy atom. The summed E-state index contributed by atoms with van der Waals surface area (Å²) in [4.78, 5) is 0. The lowest BCUT2D eigenvalue weighted by Gasteiger charge is -1.99. The number of benzene rings is 1. The van der Waals surface area contributed by atoms with Crippen molar-refractivity contribution in [1.82, 2.24) is 0 Å². The van der Waals surface area contributed by atoms with E-state index in [4.69, 9.17) is 11.6 Å². The first-order chi connectivity index (χ1) is 5.81. The molecule has 1 aromatic heterocycles. The number of halogens is 2. The van der Waals surface area contributed by atoms with Crippen LogP contribution in [0.3, 0.4) is 0 Å². The van der Waals surface area contributed by atoms with Crippen molar-refractivity contribution in [1.29, 1.82) is 0 Å². The first-order valence-corrected chi connectivity index (χ1v) is 5.91. The molecule has 0 aliphatic rings. The van der Waals surface area contributed by atoms with Crippen molar-refractivity contribution < 1.29 is 0 Å². The second kappa shape index (κ2) is 3.36. The molecule has 0 saturated carbocycles. The highest BCUT2D eigenvalue weighted by molar-refractivity contribution is 9.08. The highest BCUT2D eigenvalue weighted by atomic mass is 79.9. The van der Waals surface area contributed by atoms with Crippen molar-refractivity contribution >= 4 is 49.0 Å². The molecule has 0 nitrogen and oxygen atoms in total. The molecule has 0 bridgehead atoms. The molecule has 2 aromatic rings. The molecule has 0 aliphatic heterocycles. The highest BCUT2D eigenvalue weighted by Gasteiger charge is 2.01. The van der Waals surface area contributed by atoms with Gasteiger partial charge in [-0.3, -0.25) is 0 Å². The smallest absolute Gasteiger partial charge is 0.0460 e. The zero-order chi connectivity index (χ0) is 8.55. The van der Waals surface area contributed by atoms with E-state index in [1.807, 2.05) is 6.07 Å². The monoisotopic (exact) mass is 260 g/mol. The van der Waals surface area contributed by atoms with E-state index >= 15 is 0 Å². The molecule has 2 rings (SSSR count). The predicted molar refractivity (Wildman–Crippen MR) is 59.5 cm³/mol. The van der Waals surface area contributed by atoms with Crippen molar-refractivity contribution in [3.05, 3.63) is 34.2 Å². The summed E-state index contributed by atoms with van der Waals surface area (Å²) in [5, 5.41) is 5.03. The van der Waals surface area contributed by atoms with E-state index in [2.05, 4.69) is 33.4 Å². The summed E-state index contributed by atoms with van der Waals surface area (Å²) >= 11 is 11.2. The molecule has 0 aliphatic carbocycles. The molecule has 0 fully saturated rings. The number of fused-ring (bicyclic) bond motifs is 1. The van der Waals surface area contributed by atoms with Gasteiger partial charge in [-0.2, -0.15) is 0 Å². The van der Waals surface area contributed by atoms with Crippen LogP contribution in [0.2, 0.25) is 5.02 Å². The van der Waals surface area contributed by atoms with Crippen LogP contribution in [0.15, 0.2) is 23.6 Å². The van der Waals surface area contributed by atoms with Gasteiger partial charge in [0, 0.05) is 15.1 Å². The third-order valence-corrected chi connectivity index (χ3v) is 3.60. The fourth-order valence-corrected chi connectivity index (χ4v) is 2.86. The minimum Gasteiger partial charge on any atom is -0.144 e. The van der Waals surface area contributed by atoms with E-state index in [0.717, 1.165) is 15.9 Å². The summed E-state index contributed by atoms with van der Waals surface area (Å²) in [5.74, 6) is 0. The largest absolute Gasteiger partial charge is 0.144 e. The quantitative estimate of drug-likeness (QED) is 0.665. The van der Waals surface area contributed by atoms with E-state index in [0.29, 0.717) is 0 Å². The first kappa shape index (κ1) is 8.54. The van der Waals surface area contributed by atoms with Crippen molar-refractivity contribution in [2.24, 2.45) is 0 Å². The van der Waals surface area contributed by atoms with Gasteiger partial charge in [0.05, 0.1) is 0 Å². The van der Waals surface area contributed by atoms with Crippen molar-refractivity contribution in [2.75, 3.05) is 0 Å². The fourth-order valence-electron chi connectivity index (χ4n) is 1.13. The van der Waals surface area contributed by atoms with Crippen molar-refractivity contribution in [2.45, 2.75) is 5.33 Å². The Kier molecular flexibility index (Phi) is 2.40. The molecule has 0 spiro atoms. The van der Waals surface area contributed by atoms with Gasteiger partial charge in [0.15, 0.2) is 0 Å². The Labute approximate surface area is 88.3 Å². The Bertz CT molecular complexity index is 408. The molecule has 0 atom stereocenters. The van der Waals surface area contributed by atoms with Gasteiger partial charge in [0.2, 0.25) is 0 Å². The Morgan fingerprint density at radius 2 is 2.25 bits per heavy atom. The third-order valence-electron chi connectivity index (χ3n) is 1.77. The van der Waals surface area contributed by atoms with E-state index in [1.165, 1.54) is 10.1 Å². The Morgan fingerprint density at radius 3 is 3.00 bits per heavy atom. The fraction of sp³-hybridized carbons (Fsp3) is 0.111. The maximum Gasteiger partial charge on any atom is 0.0460 e. The van der Waals surface area contributed by atoms with E-state index in [9.17, 15) is 0 Å². The zero-order valence-corrected chi connectivity index (χ0v) is 9.34. The summed E-state index contributed by atoms with van der Waals surface area (Å²) in [6.07, 6.45) is 0. The van der Waals surface area contributed by atoms with E-state index in [-0.39, 0.29) is 0 Å². The van der Waals surface area contributed by atoms with Crippen LogP contribution in [-0.4, -0.2) is 0 Å². The van der Waals surface area contributed by atoms with Crippen LogP contribution in [-0.2, 0) is 5.33 Å². The molecule has 0 amide bonds. The topological polar surface area (TPSA) is 0 Å². The van der Waals surface area contributed by atoms with Gasteiger partial charge in [0.1, 0.15) is 0 Å². The molecule has 0 unspecified atom stereocenters. The van der Waals surface area contributed by atoms with Crippen LogP contribution in [0.5, 0.6) is 0 Å². The van der Waals surface area contributed by atoms with Crippen LogP contribution in [0.25, 0.3) is 10.1 Å². The van der Waals surface area contributed by atoms with E-state index < -0.39 is 0 Å². The molecule has 0 N–H and O–H groups in total. The number of hydrogen-bond acceptors (Lipinski definition) is 1. The predicted octanol–water partition coefficient (Wildman–Crippen LogP) is 4.45. The van der Waals surface area contributed by atoms with Gasteiger partial charge in [-0.05, 0) is 34.5 Å². The maximum absolute atomic E-state index is 6.04. The van der Waals surface area contributed by atoms with Crippen LogP contribution in [0.4, 0.5) is 0 Å². The lowest BCUT2D eigenvalue weighted by atomic mass is 10.2. The molecule has 62 valence electrons. The summed E-state index contributed by atoms with van der Waals surface area (Å²) in [6.45, 7) is 0. The lowest BCUT2D eigenvalue weighted by Crippen LogP contribution is -1.77. The summed E-state index contributed by atoms with van der Waals surface area (Å²) in [5.41, 5.74) is 1.16. The molecule has 0 saturated heterocycles. The van der Waals surface area contributed by atoms with Crippen molar-refractivity contribution in [3.8, 4) is 0 Å². The standard InChI is InChI=1S/C9H6BrClS/c10-5-7-3-6-1-2-12-9(6)4-8(7)11/h1-4H,5H2. The minimum atomic E-state index is 0.817. The molecule has 1 heterocycles. The van der Waals surface area contributed by atoms with Gasteiger partial charge >= 0.3 is 0 Å². The second-order valence-corrected chi connectivity index (χ2v) is 4.45. The van der Waals surface area contributed by atoms with E-state index in [1.54, 1.807) is 11.3 Å². The number of thiophene rings is 1. The summed E-state index contributed by atoms with van der Waals surface area (Å²) < 4.78 is 1.25. The number of hydrogen-bond donors (Lipinski definition) is 0. The van der Waals surface area contributed by atoms with Gasteiger partial charge in [-0.1, -0.05) is 27.5 Å². The van der Waals surface area contributed by atoms with Crippen LogP contribution in [0.1, 0.15) is 5.56 Å². The summed E-state index contributed by atoms with van der Waals surface area (Å²) in [6, 6.07) is 6.27. The van der Waals surface area contributed by atoms with Gasteiger partial charge in [-0.15, -0.1) is 11.3 Å². The molecular weight excluding hydrogens is 256 g/mol. The highest BCUT2D eigenvalue weighted by Crippen LogP contribution is 2.28. The molecule has 0 radical (unpaired) electrons. The SMILES string of the molecule is Clc1cc2sccc2cc1CBr. The van der Waals surface area contributed by atoms with Gasteiger partial charge in [0.25, 0.3) is 0 Å². The normalized spacial score (nSPS) is 10.8. The van der Waals surface area contributed by atoms with Crippen LogP contribution < -0.4 is 0 Å². The maximum atomic E-state index is 6.04. The zero-order valence-electron chi connectivity index (χ0n) is 6.18. The van der Waals surface area contributed by atoms with Crippen LogP contribution >= 0.6 is 38.9 Å². The molecule has 1 aromatic carbocycles. The van der Waals surface area contributed by atoms with Gasteiger partial charge in [-0.25, -0.2) is 0 Å². The lowest BCUT2D eigenvalue weighted by molar-refractivity contribution is 1.47. The first-order valence-electron chi connectivity index (χ1n) is 3.53. The summed E-state index contributed by atoms with van der Waals surface area (Å²) in [7, 11) is 0. The Hall–Kier alpha value is -0.0500. The minimum absolute atomic E-state index is 0.817. The average Bonchev–Trinajstić information content (AvgIpc) is 2.49. The van der Waals surface area contributed by atoms with Crippen LogP contribution in [0, 0.1) is 0 Å². The third kappa shape index (κ3) is 1.39. The number of rotatable bonds is 1. The van der Waals surface area contributed by atoms with Crippen molar-refractivity contribution in [3.63, 3.8) is 0 Å². The molecule has 12 heavy (non-hydrogen) atoms. The van der Waals surface area contributed by atoms with Gasteiger partial charge < -0.3 is 0 Å². The Balaban J connectivity index is 2.73. The average molecular weight is 262 g/mol. The molecule has 3 heteroatoms. The molecular formula is C9H6BrClS. The second-order valence-electron chi connectivity index (χ2n) is 2.54.